The van der Waals surface area contributed by atoms with Gasteiger partial charge in [-0.2, -0.15) is 0 Å². The van der Waals surface area contributed by atoms with Crippen LogP contribution in [-0.2, 0) is 13.0 Å². The minimum absolute atomic E-state index is 0.0568. The van der Waals surface area contributed by atoms with Crippen LogP contribution in [0.4, 0.5) is 5.00 Å². The van der Waals surface area contributed by atoms with Gasteiger partial charge in [-0.3, -0.25) is 4.79 Å². The zero-order valence-corrected chi connectivity index (χ0v) is 19.4. The van der Waals surface area contributed by atoms with Crippen LogP contribution >= 0.6 is 34.5 Å². The van der Waals surface area contributed by atoms with Gasteiger partial charge in [-0.15, -0.1) is 11.3 Å². The summed E-state index contributed by atoms with van der Waals surface area (Å²) in [6.45, 7) is 1.82. The van der Waals surface area contributed by atoms with Gasteiger partial charge in [-0.05, 0) is 54.9 Å². The number of halogens is 2. The quantitative estimate of drug-likeness (QED) is 0.396. The van der Waals surface area contributed by atoms with Crippen LogP contribution in [0.3, 0.4) is 0 Å². The average Bonchev–Trinajstić information content (AvgIpc) is 3.12. The predicted octanol–water partition coefficient (Wildman–Crippen LogP) is 5.12. The first kappa shape index (κ1) is 21.3. The van der Waals surface area contributed by atoms with Gasteiger partial charge in [0.15, 0.2) is 0 Å². The van der Waals surface area contributed by atoms with Gasteiger partial charge in [-0.1, -0.05) is 35.3 Å². The molecule has 0 unspecified atom stereocenters. The fourth-order valence-corrected chi connectivity index (χ4v) is 5.79. The van der Waals surface area contributed by atoms with E-state index in [9.17, 15) is 9.59 Å². The zero-order chi connectivity index (χ0) is 22.4. The number of nitrogens with one attached hydrogen (secondary N) is 2. The van der Waals surface area contributed by atoms with E-state index >= 15 is 0 Å². The monoisotopic (exact) mass is 487 g/mol. The van der Waals surface area contributed by atoms with Crippen molar-refractivity contribution in [2.45, 2.75) is 19.1 Å². The molecule has 2 aromatic carbocycles. The molecule has 6 nitrogen and oxygen atoms in total. The Balaban J connectivity index is 1.32. The number of fused-ring (bicyclic) bond motifs is 3. The molecule has 0 radical (unpaired) electrons. The van der Waals surface area contributed by atoms with Crippen molar-refractivity contribution in [3.63, 3.8) is 0 Å². The van der Waals surface area contributed by atoms with Crippen LogP contribution in [-0.4, -0.2) is 30.4 Å². The third-order valence-electron chi connectivity index (χ3n) is 5.60. The maximum absolute atomic E-state index is 12.9. The molecule has 0 bridgehead atoms. The molecule has 1 amide bonds. The minimum atomic E-state index is -0.567. The fraction of sp³-hybridized carbons (Fsp3) is 0.217. The summed E-state index contributed by atoms with van der Waals surface area (Å²) in [4.78, 5) is 28.8. The number of anilines is 1. The van der Waals surface area contributed by atoms with Gasteiger partial charge in [0, 0.05) is 23.0 Å². The number of thiophene rings is 1. The first-order valence-corrected chi connectivity index (χ1v) is 11.6. The summed E-state index contributed by atoms with van der Waals surface area (Å²) in [7, 11) is 2.09. The summed E-state index contributed by atoms with van der Waals surface area (Å²) in [6, 6.07) is 11.6. The molecule has 1 aromatic heterocycles. The van der Waals surface area contributed by atoms with Crippen LogP contribution in [0.2, 0.25) is 10.0 Å². The number of carbonyl (C=O) groups excluding carboxylic acids is 2. The van der Waals surface area contributed by atoms with Gasteiger partial charge in [0.25, 0.3) is 5.91 Å². The molecular weight excluding hydrogens is 469 g/mol. The lowest BCUT2D eigenvalue weighted by Gasteiger charge is -2.27. The number of hydrogen-bond acceptors (Lipinski definition) is 6. The molecule has 0 saturated carbocycles. The predicted molar refractivity (Wildman–Crippen MR) is 126 cm³/mol. The van der Waals surface area contributed by atoms with Gasteiger partial charge in [-0.25, -0.2) is 4.79 Å². The zero-order valence-electron chi connectivity index (χ0n) is 17.1. The van der Waals surface area contributed by atoms with Crippen LogP contribution < -0.4 is 15.4 Å². The van der Waals surface area contributed by atoms with E-state index in [1.165, 1.54) is 17.0 Å². The summed E-state index contributed by atoms with van der Waals surface area (Å²) in [5.41, 5.74) is 3.03. The van der Waals surface area contributed by atoms with Crippen molar-refractivity contribution in [2.75, 3.05) is 18.9 Å². The molecular formula is C23H19Cl2N3O3S. The molecule has 32 heavy (non-hydrogen) atoms. The number of likely N-dealkylation sites (N-methyl/N-ethyl adjacent to an activating group) is 1. The second-order valence-corrected chi connectivity index (χ2v) is 9.78. The summed E-state index contributed by atoms with van der Waals surface area (Å²) in [5, 5.41) is 8.07. The molecule has 0 aliphatic carbocycles. The number of amides is 1. The van der Waals surface area contributed by atoms with Gasteiger partial charge < -0.3 is 20.3 Å². The summed E-state index contributed by atoms with van der Waals surface area (Å²) < 4.78 is 5.43. The van der Waals surface area contributed by atoms with E-state index in [2.05, 4.69) is 22.6 Å². The van der Waals surface area contributed by atoms with Crippen molar-refractivity contribution in [3.05, 3.63) is 79.6 Å². The number of rotatable bonds is 3. The largest absolute Gasteiger partial charge is 0.423 e. The second kappa shape index (κ2) is 8.41. The Morgan fingerprint density at radius 2 is 1.94 bits per heavy atom. The first-order chi connectivity index (χ1) is 15.4. The van der Waals surface area contributed by atoms with Crippen LogP contribution in [0.25, 0.3) is 0 Å². The molecule has 0 spiro atoms. The lowest BCUT2D eigenvalue weighted by atomic mass is 10.0. The fourth-order valence-electron chi connectivity index (χ4n) is 3.96. The Kier molecular flexibility index (Phi) is 5.59. The van der Waals surface area contributed by atoms with Crippen molar-refractivity contribution < 1.29 is 14.3 Å². The molecule has 0 fully saturated rings. The molecule has 2 aliphatic heterocycles. The highest BCUT2D eigenvalue weighted by atomic mass is 35.5. The molecule has 1 atom stereocenters. The van der Waals surface area contributed by atoms with Gasteiger partial charge >= 0.3 is 5.97 Å². The Bertz CT molecular complexity index is 1230. The Hall–Kier alpha value is -2.58. The van der Waals surface area contributed by atoms with Crippen LogP contribution in [0.15, 0.2) is 42.5 Å². The normalized spacial score (nSPS) is 17.7. The van der Waals surface area contributed by atoms with E-state index < -0.39 is 5.97 Å². The van der Waals surface area contributed by atoms with Crippen molar-refractivity contribution in [1.82, 2.24) is 10.2 Å². The standard InChI is InChI=1S/C23H19Cl2N3O3S/c1-28-9-8-16-18(11-28)32-22-19(16)21(29)26-20(27-22)12-2-5-14(6-3-12)31-23(30)15-7-4-13(24)10-17(15)25/h2-7,10,20,27H,8-9,11H2,1H3,(H,26,29)/t20-/m0/s1. The maximum atomic E-state index is 12.9. The van der Waals surface area contributed by atoms with Crippen molar-refractivity contribution in [1.29, 1.82) is 0 Å². The van der Waals surface area contributed by atoms with E-state index in [0.29, 0.717) is 10.8 Å². The molecule has 5 rings (SSSR count). The SMILES string of the molecule is CN1CCc2c(sc3c2C(=O)N[C@H](c2ccc(OC(=O)c4ccc(Cl)cc4Cl)cc2)N3)C1. The second-order valence-electron chi connectivity index (χ2n) is 7.83. The molecule has 9 heteroatoms. The van der Waals surface area contributed by atoms with Gasteiger partial charge in [0.2, 0.25) is 0 Å². The lowest BCUT2D eigenvalue weighted by Crippen LogP contribution is -2.38. The lowest BCUT2D eigenvalue weighted by molar-refractivity contribution is 0.0734. The highest BCUT2D eigenvalue weighted by Crippen LogP contribution is 2.40. The van der Waals surface area contributed by atoms with E-state index in [0.717, 1.165) is 41.2 Å². The van der Waals surface area contributed by atoms with Crippen LogP contribution in [0.1, 0.15) is 42.9 Å². The molecule has 3 aromatic rings. The van der Waals surface area contributed by atoms with E-state index in [4.69, 9.17) is 27.9 Å². The van der Waals surface area contributed by atoms with E-state index in [1.807, 2.05) is 12.1 Å². The topological polar surface area (TPSA) is 70.7 Å². The Morgan fingerprint density at radius 3 is 2.69 bits per heavy atom. The number of nitrogens with zero attached hydrogens (tertiary/aromatic N) is 1. The highest BCUT2D eigenvalue weighted by Gasteiger charge is 2.32. The number of hydrogen-bond donors (Lipinski definition) is 2. The Labute approximate surface area is 199 Å². The number of carbonyl (C=O) groups is 2. The van der Waals surface area contributed by atoms with Gasteiger partial charge in [0.05, 0.1) is 16.1 Å². The van der Waals surface area contributed by atoms with Crippen molar-refractivity contribution in [2.24, 2.45) is 0 Å². The number of ether oxygens (including phenoxy) is 1. The van der Waals surface area contributed by atoms with Crippen molar-refractivity contribution in [3.8, 4) is 5.75 Å². The first-order valence-electron chi connectivity index (χ1n) is 10.1. The molecule has 0 saturated heterocycles. The summed E-state index contributed by atoms with van der Waals surface area (Å²) in [6.07, 6.45) is 0.526. The van der Waals surface area contributed by atoms with Crippen LogP contribution in [0, 0.1) is 0 Å². The summed E-state index contributed by atoms with van der Waals surface area (Å²) >= 11 is 13.6. The van der Waals surface area contributed by atoms with Gasteiger partial charge in [0.1, 0.15) is 16.9 Å². The number of esters is 1. The minimum Gasteiger partial charge on any atom is -0.423 e. The molecule has 164 valence electrons. The van der Waals surface area contributed by atoms with Crippen molar-refractivity contribution >= 4 is 51.4 Å². The molecule has 2 aliphatic rings. The molecule has 2 N–H and O–H groups in total. The smallest absolute Gasteiger partial charge is 0.345 e. The third kappa shape index (κ3) is 3.97. The number of benzene rings is 2. The average molecular weight is 488 g/mol. The molecule has 3 heterocycles. The van der Waals surface area contributed by atoms with Crippen LogP contribution in [0.5, 0.6) is 5.75 Å². The Morgan fingerprint density at radius 1 is 1.16 bits per heavy atom. The highest BCUT2D eigenvalue weighted by molar-refractivity contribution is 7.16. The maximum Gasteiger partial charge on any atom is 0.345 e. The third-order valence-corrected chi connectivity index (χ3v) is 7.30. The van der Waals surface area contributed by atoms with E-state index in [1.54, 1.807) is 29.5 Å². The van der Waals surface area contributed by atoms with E-state index in [-0.39, 0.29) is 22.7 Å². The summed E-state index contributed by atoms with van der Waals surface area (Å²) in [5.74, 6) is -0.247.